The Balaban J connectivity index is 1.77. The Hall–Kier alpha value is -2.41. The summed E-state index contributed by atoms with van der Waals surface area (Å²) >= 11 is 0. The van der Waals surface area contributed by atoms with Crippen LogP contribution in [-0.2, 0) is 16.0 Å². The minimum atomic E-state index is -0.356. The van der Waals surface area contributed by atoms with Crippen molar-refractivity contribution < 1.29 is 18.8 Å². The lowest BCUT2D eigenvalue weighted by Crippen LogP contribution is -2.47. The maximum atomic E-state index is 12.8. The molecule has 7 heteroatoms. The molecule has 24 heavy (non-hydrogen) atoms. The molecule has 1 aliphatic heterocycles. The molecular formula is C17H21N3O4. The van der Waals surface area contributed by atoms with Gasteiger partial charge in [-0.25, -0.2) is 0 Å². The van der Waals surface area contributed by atoms with Crippen LogP contribution < -0.4 is 4.74 Å². The van der Waals surface area contributed by atoms with Crippen LogP contribution in [0.2, 0.25) is 0 Å². The van der Waals surface area contributed by atoms with Crippen LogP contribution in [0.1, 0.15) is 30.2 Å². The third-order valence-electron chi connectivity index (χ3n) is 4.12. The Morgan fingerprint density at radius 3 is 2.75 bits per heavy atom. The second-order valence-corrected chi connectivity index (χ2v) is 5.81. The summed E-state index contributed by atoms with van der Waals surface area (Å²) in [5.41, 5.74) is 0.931. The molecule has 2 atom stereocenters. The lowest BCUT2D eigenvalue weighted by Gasteiger charge is -2.37. The summed E-state index contributed by atoms with van der Waals surface area (Å²) in [5, 5.41) is 3.83. The SMILES string of the molecule is COc1ccc(CC(=O)N2CCO[C@H](C)[C@H]2c2nc(C)no2)cc1. The van der Waals surface area contributed by atoms with E-state index in [9.17, 15) is 4.79 Å². The van der Waals surface area contributed by atoms with Gasteiger partial charge in [-0.05, 0) is 31.5 Å². The number of morpholine rings is 1. The van der Waals surface area contributed by atoms with Gasteiger partial charge in [0.15, 0.2) is 5.82 Å². The van der Waals surface area contributed by atoms with E-state index < -0.39 is 0 Å². The number of carbonyl (C=O) groups is 1. The van der Waals surface area contributed by atoms with Crippen LogP contribution >= 0.6 is 0 Å². The van der Waals surface area contributed by atoms with E-state index in [0.29, 0.717) is 31.3 Å². The lowest BCUT2D eigenvalue weighted by atomic mass is 10.1. The monoisotopic (exact) mass is 331 g/mol. The highest BCUT2D eigenvalue weighted by Gasteiger charge is 2.37. The van der Waals surface area contributed by atoms with E-state index in [1.165, 1.54) is 0 Å². The van der Waals surface area contributed by atoms with E-state index >= 15 is 0 Å². The number of aromatic nitrogens is 2. The number of methoxy groups -OCH3 is 1. The van der Waals surface area contributed by atoms with Gasteiger partial charge in [0.1, 0.15) is 11.8 Å². The first-order chi connectivity index (χ1) is 11.6. The van der Waals surface area contributed by atoms with E-state index in [4.69, 9.17) is 14.0 Å². The smallest absolute Gasteiger partial charge is 0.252 e. The molecule has 7 nitrogen and oxygen atoms in total. The number of carbonyl (C=O) groups excluding carboxylic acids is 1. The molecule has 0 bridgehead atoms. The van der Waals surface area contributed by atoms with Crippen molar-refractivity contribution in [1.29, 1.82) is 0 Å². The highest BCUT2D eigenvalue weighted by Crippen LogP contribution is 2.29. The van der Waals surface area contributed by atoms with Gasteiger partial charge in [-0.15, -0.1) is 0 Å². The summed E-state index contributed by atoms with van der Waals surface area (Å²) in [6, 6.07) is 7.14. The predicted octanol–water partition coefficient (Wildman–Crippen LogP) is 1.92. The number of ether oxygens (including phenoxy) is 2. The summed E-state index contributed by atoms with van der Waals surface area (Å²) in [5.74, 6) is 1.75. The van der Waals surface area contributed by atoms with Crippen molar-refractivity contribution in [1.82, 2.24) is 15.0 Å². The Morgan fingerprint density at radius 2 is 2.12 bits per heavy atom. The Morgan fingerprint density at radius 1 is 1.38 bits per heavy atom. The summed E-state index contributed by atoms with van der Waals surface area (Å²) in [7, 11) is 1.62. The van der Waals surface area contributed by atoms with Gasteiger partial charge in [-0.3, -0.25) is 4.79 Å². The number of hydrogen-bond donors (Lipinski definition) is 0. The second-order valence-electron chi connectivity index (χ2n) is 5.81. The number of benzene rings is 1. The molecule has 1 aliphatic rings. The molecule has 1 amide bonds. The Labute approximate surface area is 140 Å². The van der Waals surface area contributed by atoms with Crippen molar-refractivity contribution in [3.8, 4) is 5.75 Å². The maximum absolute atomic E-state index is 12.8. The van der Waals surface area contributed by atoms with Crippen LogP contribution in [0.15, 0.2) is 28.8 Å². The zero-order valence-electron chi connectivity index (χ0n) is 14.1. The van der Waals surface area contributed by atoms with E-state index in [1.807, 2.05) is 31.2 Å². The van der Waals surface area contributed by atoms with Crippen molar-refractivity contribution in [3.05, 3.63) is 41.5 Å². The number of rotatable bonds is 4. The lowest BCUT2D eigenvalue weighted by molar-refractivity contribution is -0.146. The third kappa shape index (κ3) is 3.41. The molecule has 0 unspecified atom stereocenters. The van der Waals surface area contributed by atoms with E-state index in [2.05, 4.69) is 10.1 Å². The molecule has 3 rings (SSSR count). The zero-order valence-corrected chi connectivity index (χ0v) is 14.1. The number of aryl methyl sites for hydroxylation is 1. The van der Waals surface area contributed by atoms with E-state index in [0.717, 1.165) is 11.3 Å². The summed E-state index contributed by atoms with van der Waals surface area (Å²) < 4.78 is 16.1. The molecule has 128 valence electrons. The van der Waals surface area contributed by atoms with E-state index in [1.54, 1.807) is 18.9 Å². The molecule has 0 aliphatic carbocycles. The molecule has 1 aromatic carbocycles. The van der Waals surface area contributed by atoms with Crippen LogP contribution in [-0.4, -0.2) is 47.3 Å². The summed E-state index contributed by atoms with van der Waals surface area (Å²) in [6.45, 7) is 4.67. The number of hydrogen-bond acceptors (Lipinski definition) is 6. The molecule has 1 saturated heterocycles. The van der Waals surface area contributed by atoms with Gasteiger partial charge in [-0.1, -0.05) is 17.3 Å². The predicted molar refractivity (Wildman–Crippen MR) is 85.6 cm³/mol. The largest absolute Gasteiger partial charge is 0.497 e. The van der Waals surface area contributed by atoms with Gasteiger partial charge in [0.25, 0.3) is 5.89 Å². The molecule has 0 radical (unpaired) electrons. The molecule has 0 N–H and O–H groups in total. The average molecular weight is 331 g/mol. The van der Waals surface area contributed by atoms with Crippen molar-refractivity contribution in [2.45, 2.75) is 32.4 Å². The molecule has 2 aromatic rings. The van der Waals surface area contributed by atoms with Crippen LogP contribution in [0.25, 0.3) is 0 Å². The highest BCUT2D eigenvalue weighted by molar-refractivity contribution is 5.79. The third-order valence-corrected chi connectivity index (χ3v) is 4.12. The van der Waals surface area contributed by atoms with Crippen LogP contribution in [0.5, 0.6) is 5.75 Å². The fourth-order valence-corrected chi connectivity index (χ4v) is 2.89. The first kappa shape index (κ1) is 16.4. The Bertz CT molecular complexity index is 698. The number of amides is 1. The van der Waals surface area contributed by atoms with Crippen molar-refractivity contribution in [2.75, 3.05) is 20.3 Å². The van der Waals surface area contributed by atoms with Gasteiger partial charge >= 0.3 is 0 Å². The normalized spacial score (nSPS) is 20.9. The highest BCUT2D eigenvalue weighted by atomic mass is 16.5. The molecular weight excluding hydrogens is 310 g/mol. The van der Waals surface area contributed by atoms with Crippen LogP contribution in [0, 0.1) is 6.92 Å². The first-order valence-corrected chi connectivity index (χ1v) is 7.92. The second kappa shape index (κ2) is 7.00. The molecule has 2 heterocycles. The fourth-order valence-electron chi connectivity index (χ4n) is 2.89. The van der Waals surface area contributed by atoms with Crippen molar-refractivity contribution in [3.63, 3.8) is 0 Å². The van der Waals surface area contributed by atoms with Crippen molar-refractivity contribution >= 4 is 5.91 Å². The van der Waals surface area contributed by atoms with Gasteiger partial charge in [0.05, 0.1) is 26.2 Å². The minimum absolute atomic E-state index is 0.0103. The molecule has 1 aromatic heterocycles. The van der Waals surface area contributed by atoms with Crippen molar-refractivity contribution in [2.24, 2.45) is 0 Å². The molecule has 1 fully saturated rings. The quantitative estimate of drug-likeness (QED) is 0.852. The molecule has 0 spiro atoms. The topological polar surface area (TPSA) is 77.7 Å². The van der Waals surface area contributed by atoms with E-state index in [-0.39, 0.29) is 18.1 Å². The fraction of sp³-hybridized carbons (Fsp3) is 0.471. The standard InChI is InChI=1S/C17H21N3O4/c1-11-16(17-18-12(2)19-24-17)20(8-9-23-11)15(21)10-13-4-6-14(22-3)7-5-13/h4-7,11,16H,8-10H2,1-3H3/t11-,16+/m1/s1. The maximum Gasteiger partial charge on any atom is 0.252 e. The summed E-state index contributed by atoms with van der Waals surface area (Å²) in [4.78, 5) is 18.9. The minimum Gasteiger partial charge on any atom is -0.497 e. The zero-order chi connectivity index (χ0) is 17.1. The average Bonchev–Trinajstić information content (AvgIpc) is 3.01. The molecule has 0 saturated carbocycles. The number of nitrogens with zero attached hydrogens (tertiary/aromatic N) is 3. The van der Waals surface area contributed by atoms with Gasteiger partial charge in [-0.2, -0.15) is 4.98 Å². The van der Waals surface area contributed by atoms with Gasteiger partial charge < -0.3 is 18.9 Å². The van der Waals surface area contributed by atoms with Crippen LogP contribution in [0.4, 0.5) is 0 Å². The Kier molecular flexibility index (Phi) is 4.80. The summed E-state index contributed by atoms with van der Waals surface area (Å²) in [6.07, 6.45) is 0.110. The van der Waals surface area contributed by atoms with Crippen LogP contribution in [0.3, 0.4) is 0 Å². The van der Waals surface area contributed by atoms with Gasteiger partial charge in [0, 0.05) is 6.54 Å². The van der Waals surface area contributed by atoms with Gasteiger partial charge in [0.2, 0.25) is 5.91 Å². The first-order valence-electron chi connectivity index (χ1n) is 7.92.